The van der Waals surface area contributed by atoms with E-state index in [0.29, 0.717) is 5.69 Å². The normalized spacial score (nSPS) is 14.9. The molecule has 0 bridgehead atoms. The molecule has 37 heavy (non-hydrogen) atoms. The number of anilines is 1. The van der Waals surface area contributed by atoms with Crippen LogP contribution in [0.1, 0.15) is 29.0 Å². The van der Waals surface area contributed by atoms with Gasteiger partial charge in [0.2, 0.25) is 5.91 Å². The van der Waals surface area contributed by atoms with E-state index in [1.54, 1.807) is 12.1 Å². The van der Waals surface area contributed by atoms with Gasteiger partial charge in [0.05, 0.1) is 18.4 Å². The van der Waals surface area contributed by atoms with E-state index in [4.69, 9.17) is 4.74 Å². The van der Waals surface area contributed by atoms with Crippen LogP contribution in [0, 0.1) is 12.8 Å². The number of hydrogen-bond acceptors (Lipinski definition) is 5. The predicted octanol–water partition coefficient (Wildman–Crippen LogP) is 3.95. The lowest BCUT2D eigenvalue weighted by atomic mass is 9.91. The van der Waals surface area contributed by atoms with Crippen molar-refractivity contribution in [3.8, 4) is 0 Å². The number of ether oxygens (including phenoxy) is 1. The minimum absolute atomic E-state index is 0.0345. The van der Waals surface area contributed by atoms with Crippen LogP contribution in [0.2, 0.25) is 0 Å². The average Bonchev–Trinajstić information content (AvgIpc) is 3.26. The molecule has 0 saturated carbocycles. The number of aryl methyl sites for hydroxylation is 1. The summed E-state index contributed by atoms with van der Waals surface area (Å²) < 4.78 is 6.06. The van der Waals surface area contributed by atoms with Gasteiger partial charge in [0, 0.05) is 16.6 Å². The summed E-state index contributed by atoms with van der Waals surface area (Å²) in [5, 5.41) is 3.82. The quantitative estimate of drug-likeness (QED) is 0.404. The molecule has 1 aliphatic rings. The van der Waals surface area contributed by atoms with Crippen molar-refractivity contribution in [3.05, 3.63) is 100 Å². The van der Waals surface area contributed by atoms with Gasteiger partial charge in [-0.3, -0.25) is 29.6 Å². The molecule has 190 valence electrons. The summed E-state index contributed by atoms with van der Waals surface area (Å²) >= 11 is 3.40. The van der Waals surface area contributed by atoms with Crippen LogP contribution in [0.4, 0.5) is 5.69 Å². The van der Waals surface area contributed by atoms with Gasteiger partial charge in [0.15, 0.2) is 6.61 Å². The number of hydrogen-bond donors (Lipinski definition) is 2. The van der Waals surface area contributed by atoms with E-state index in [1.165, 1.54) is 0 Å². The Hall–Kier alpha value is -3.98. The highest BCUT2D eigenvalue weighted by molar-refractivity contribution is 9.10. The van der Waals surface area contributed by atoms with E-state index < -0.39 is 36.2 Å². The summed E-state index contributed by atoms with van der Waals surface area (Å²) in [6, 6.07) is 23.8. The number of nitrogens with one attached hydrogen (secondary N) is 2. The number of nitrogens with zero attached hydrogens (tertiary/aromatic N) is 1. The molecule has 0 unspecified atom stereocenters. The first-order valence-corrected chi connectivity index (χ1v) is 12.5. The molecule has 3 amide bonds. The highest BCUT2D eigenvalue weighted by atomic mass is 79.9. The number of halogens is 1. The monoisotopic (exact) mass is 563 g/mol. The minimum Gasteiger partial charge on any atom is -0.455 e. The van der Waals surface area contributed by atoms with E-state index in [-0.39, 0.29) is 18.9 Å². The van der Waals surface area contributed by atoms with Crippen LogP contribution < -0.4 is 10.7 Å². The lowest BCUT2D eigenvalue weighted by Crippen LogP contribution is -2.45. The fourth-order valence-corrected chi connectivity index (χ4v) is 4.38. The second-order valence-corrected chi connectivity index (χ2v) is 9.61. The molecular formula is C28H26BrN3O5. The molecule has 0 radical (unpaired) electrons. The first kappa shape index (κ1) is 26.1. The summed E-state index contributed by atoms with van der Waals surface area (Å²) in [4.78, 5) is 50.6. The minimum atomic E-state index is -0.789. The summed E-state index contributed by atoms with van der Waals surface area (Å²) in [7, 11) is 0. The zero-order valence-corrected chi connectivity index (χ0v) is 21.7. The Morgan fingerprint density at radius 2 is 1.62 bits per heavy atom. The summed E-state index contributed by atoms with van der Waals surface area (Å²) in [5.41, 5.74) is 5.76. The lowest BCUT2D eigenvalue weighted by molar-refractivity contribution is -0.151. The van der Waals surface area contributed by atoms with Crippen LogP contribution in [0.3, 0.4) is 0 Å². The van der Waals surface area contributed by atoms with Crippen molar-refractivity contribution in [2.24, 2.45) is 5.92 Å². The van der Waals surface area contributed by atoms with E-state index in [9.17, 15) is 19.2 Å². The Balaban J connectivity index is 1.34. The standard InChI is InChI=1S/C28H26BrN3O5/c1-18-14-22(12-13-23(18)29)30-24(33)17-37-28(36)21-15-25(34)32(16-21)31-27(35)26(19-8-4-2-5-9-19)20-10-6-3-7-11-20/h2-14,21,26H,15-17H2,1H3,(H,30,33)(H,31,35)/t21-/m0/s1. The molecule has 1 heterocycles. The third kappa shape index (κ3) is 6.62. The molecule has 9 heteroatoms. The van der Waals surface area contributed by atoms with Crippen LogP contribution >= 0.6 is 15.9 Å². The Morgan fingerprint density at radius 3 is 2.22 bits per heavy atom. The van der Waals surface area contributed by atoms with Gasteiger partial charge < -0.3 is 10.1 Å². The molecule has 3 aromatic rings. The van der Waals surface area contributed by atoms with Gasteiger partial charge >= 0.3 is 5.97 Å². The molecule has 1 saturated heterocycles. The second kappa shape index (κ2) is 11.8. The Labute approximate surface area is 223 Å². The fourth-order valence-electron chi connectivity index (χ4n) is 4.13. The lowest BCUT2D eigenvalue weighted by Gasteiger charge is -2.23. The van der Waals surface area contributed by atoms with Gasteiger partial charge in [-0.2, -0.15) is 0 Å². The first-order chi connectivity index (χ1) is 17.8. The summed E-state index contributed by atoms with van der Waals surface area (Å²) in [5.74, 6) is -3.36. The van der Waals surface area contributed by atoms with Gasteiger partial charge in [-0.25, -0.2) is 0 Å². The largest absolute Gasteiger partial charge is 0.455 e. The molecule has 1 fully saturated rings. The smallest absolute Gasteiger partial charge is 0.311 e. The Bertz CT molecular complexity index is 1260. The van der Waals surface area contributed by atoms with Crippen molar-refractivity contribution in [1.29, 1.82) is 0 Å². The highest BCUT2D eigenvalue weighted by Gasteiger charge is 2.37. The fraction of sp³-hybridized carbons (Fsp3) is 0.214. The third-order valence-electron chi connectivity index (χ3n) is 6.02. The number of carbonyl (C=O) groups is 4. The molecule has 2 N–H and O–H groups in total. The number of benzene rings is 3. The van der Waals surface area contributed by atoms with Crippen molar-refractivity contribution in [2.45, 2.75) is 19.3 Å². The van der Waals surface area contributed by atoms with Crippen molar-refractivity contribution in [1.82, 2.24) is 10.4 Å². The molecule has 0 aromatic heterocycles. The zero-order valence-electron chi connectivity index (χ0n) is 20.1. The van der Waals surface area contributed by atoms with Crippen LogP contribution in [-0.2, 0) is 23.9 Å². The summed E-state index contributed by atoms with van der Waals surface area (Å²) in [6.45, 7) is 1.38. The third-order valence-corrected chi connectivity index (χ3v) is 6.91. The van der Waals surface area contributed by atoms with E-state index in [0.717, 1.165) is 26.2 Å². The first-order valence-electron chi connectivity index (χ1n) is 11.7. The van der Waals surface area contributed by atoms with Crippen LogP contribution in [-0.4, -0.2) is 41.9 Å². The summed E-state index contributed by atoms with van der Waals surface area (Å²) in [6.07, 6.45) is -0.117. The highest BCUT2D eigenvalue weighted by Crippen LogP contribution is 2.26. The van der Waals surface area contributed by atoms with Crippen LogP contribution in [0.25, 0.3) is 0 Å². The van der Waals surface area contributed by atoms with Gasteiger partial charge in [-0.05, 0) is 41.8 Å². The molecule has 0 aliphatic carbocycles. The van der Waals surface area contributed by atoms with Gasteiger partial charge in [0.25, 0.3) is 11.8 Å². The SMILES string of the molecule is Cc1cc(NC(=O)COC(=O)[C@H]2CC(=O)N(NC(=O)C(c3ccccc3)c3ccccc3)C2)ccc1Br. The van der Waals surface area contributed by atoms with Crippen LogP contribution in [0.15, 0.2) is 83.3 Å². The number of carbonyl (C=O) groups excluding carboxylic acids is 4. The van der Waals surface area contributed by atoms with Crippen molar-refractivity contribution in [3.63, 3.8) is 0 Å². The van der Waals surface area contributed by atoms with Gasteiger partial charge in [0.1, 0.15) is 0 Å². The topological polar surface area (TPSA) is 105 Å². The number of rotatable bonds is 8. The number of hydrazine groups is 1. The van der Waals surface area contributed by atoms with Crippen molar-refractivity contribution < 1.29 is 23.9 Å². The van der Waals surface area contributed by atoms with E-state index >= 15 is 0 Å². The number of amides is 3. The van der Waals surface area contributed by atoms with E-state index in [2.05, 4.69) is 26.7 Å². The second-order valence-electron chi connectivity index (χ2n) is 8.76. The van der Waals surface area contributed by atoms with Crippen LogP contribution in [0.5, 0.6) is 0 Å². The molecule has 4 rings (SSSR count). The maximum absolute atomic E-state index is 13.3. The maximum atomic E-state index is 13.3. The van der Waals surface area contributed by atoms with Gasteiger partial charge in [-0.15, -0.1) is 0 Å². The van der Waals surface area contributed by atoms with Crippen molar-refractivity contribution >= 4 is 45.3 Å². The van der Waals surface area contributed by atoms with E-state index in [1.807, 2.05) is 73.7 Å². The maximum Gasteiger partial charge on any atom is 0.311 e. The molecule has 8 nitrogen and oxygen atoms in total. The average molecular weight is 564 g/mol. The molecule has 1 aliphatic heterocycles. The van der Waals surface area contributed by atoms with Gasteiger partial charge in [-0.1, -0.05) is 76.6 Å². The Kier molecular flexibility index (Phi) is 8.35. The zero-order chi connectivity index (χ0) is 26.4. The molecule has 3 aromatic carbocycles. The molecule has 1 atom stereocenters. The molecular weight excluding hydrogens is 538 g/mol. The predicted molar refractivity (Wildman–Crippen MR) is 141 cm³/mol. The number of esters is 1. The Morgan fingerprint density at radius 1 is 1.00 bits per heavy atom. The molecule has 0 spiro atoms. The van der Waals surface area contributed by atoms with Crippen molar-refractivity contribution in [2.75, 3.05) is 18.5 Å².